The lowest BCUT2D eigenvalue weighted by atomic mass is 10.1. The SMILES string of the molecule is COCc1ccc(CNC(C)CN2CCCCC2)cc1. The minimum Gasteiger partial charge on any atom is -0.380 e. The van der Waals surface area contributed by atoms with Gasteiger partial charge in [0.05, 0.1) is 6.61 Å². The molecule has 0 amide bonds. The highest BCUT2D eigenvalue weighted by Gasteiger charge is 2.12. The number of piperidine rings is 1. The molecule has 1 N–H and O–H groups in total. The van der Waals surface area contributed by atoms with Gasteiger partial charge < -0.3 is 15.0 Å². The second kappa shape index (κ2) is 8.40. The minimum absolute atomic E-state index is 0.548. The third-order valence-electron chi connectivity index (χ3n) is 3.97. The van der Waals surface area contributed by atoms with Crippen LogP contribution in [0.25, 0.3) is 0 Å². The molecule has 3 heteroatoms. The number of likely N-dealkylation sites (tertiary alicyclic amines) is 1. The van der Waals surface area contributed by atoms with Crippen molar-refractivity contribution in [3.05, 3.63) is 35.4 Å². The summed E-state index contributed by atoms with van der Waals surface area (Å²) < 4.78 is 5.13. The van der Waals surface area contributed by atoms with Gasteiger partial charge in [0.1, 0.15) is 0 Å². The molecule has 112 valence electrons. The number of nitrogens with zero attached hydrogens (tertiary/aromatic N) is 1. The Morgan fingerprint density at radius 1 is 1.10 bits per heavy atom. The van der Waals surface area contributed by atoms with Gasteiger partial charge in [-0.25, -0.2) is 0 Å². The van der Waals surface area contributed by atoms with Crippen molar-refractivity contribution in [2.24, 2.45) is 0 Å². The lowest BCUT2D eigenvalue weighted by Crippen LogP contribution is -2.41. The van der Waals surface area contributed by atoms with E-state index < -0.39 is 0 Å². The molecule has 0 aromatic heterocycles. The highest BCUT2D eigenvalue weighted by Crippen LogP contribution is 2.09. The van der Waals surface area contributed by atoms with Crippen LogP contribution in [-0.4, -0.2) is 37.7 Å². The summed E-state index contributed by atoms with van der Waals surface area (Å²) >= 11 is 0. The molecule has 2 rings (SSSR count). The highest BCUT2D eigenvalue weighted by molar-refractivity contribution is 5.21. The van der Waals surface area contributed by atoms with E-state index in [1.807, 2.05) is 0 Å². The molecule has 0 spiro atoms. The van der Waals surface area contributed by atoms with Gasteiger partial charge in [-0.3, -0.25) is 0 Å². The molecule has 0 aliphatic carbocycles. The molecule has 0 saturated carbocycles. The van der Waals surface area contributed by atoms with Crippen molar-refractivity contribution in [1.82, 2.24) is 10.2 Å². The second-order valence-corrected chi connectivity index (χ2v) is 5.89. The average Bonchev–Trinajstić information content (AvgIpc) is 2.48. The summed E-state index contributed by atoms with van der Waals surface area (Å²) in [5, 5.41) is 3.62. The third kappa shape index (κ3) is 5.23. The lowest BCUT2D eigenvalue weighted by molar-refractivity contribution is 0.185. The number of ether oxygens (including phenoxy) is 1. The quantitative estimate of drug-likeness (QED) is 0.829. The van der Waals surface area contributed by atoms with E-state index in [1.165, 1.54) is 50.0 Å². The maximum atomic E-state index is 5.13. The Bertz CT molecular complexity index is 371. The van der Waals surface area contributed by atoms with Crippen molar-refractivity contribution in [3.63, 3.8) is 0 Å². The lowest BCUT2D eigenvalue weighted by Gasteiger charge is -2.29. The summed E-state index contributed by atoms with van der Waals surface area (Å²) in [7, 11) is 1.73. The van der Waals surface area contributed by atoms with Crippen LogP contribution in [0.5, 0.6) is 0 Å². The Labute approximate surface area is 123 Å². The predicted molar refractivity (Wildman–Crippen MR) is 83.7 cm³/mol. The average molecular weight is 276 g/mol. The van der Waals surface area contributed by atoms with Gasteiger partial charge >= 0.3 is 0 Å². The summed E-state index contributed by atoms with van der Waals surface area (Å²) in [6.07, 6.45) is 4.15. The molecule has 0 bridgehead atoms. The predicted octanol–water partition coefficient (Wildman–Crippen LogP) is 2.80. The zero-order valence-corrected chi connectivity index (χ0v) is 12.9. The summed E-state index contributed by atoms with van der Waals surface area (Å²) in [5.41, 5.74) is 2.58. The number of rotatable bonds is 7. The molecule has 1 heterocycles. The van der Waals surface area contributed by atoms with E-state index in [4.69, 9.17) is 4.74 Å². The largest absolute Gasteiger partial charge is 0.380 e. The summed E-state index contributed by atoms with van der Waals surface area (Å²) in [5.74, 6) is 0. The summed E-state index contributed by atoms with van der Waals surface area (Å²) in [6.45, 7) is 7.65. The minimum atomic E-state index is 0.548. The van der Waals surface area contributed by atoms with Crippen LogP contribution in [0, 0.1) is 0 Å². The van der Waals surface area contributed by atoms with Gasteiger partial charge in [-0.2, -0.15) is 0 Å². The molecule has 1 fully saturated rings. The van der Waals surface area contributed by atoms with E-state index in [-0.39, 0.29) is 0 Å². The van der Waals surface area contributed by atoms with Crippen LogP contribution in [0.2, 0.25) is 0 Å². The van der Waals surface area contributed by atoms with Crippen molar-refractivity contribution < 1.29 is 4.74 Å². The zero-order chi connectivity index (χ0) is 14.2. The van der Waals surface area contributed by atoms with E-state index in [0.717, 1.165) is 6.54 Å². The molecule has 20 heavy (non-hydrogen) atoms. The molecule has 1 aromatic carbocycles. The molecular weight excluding hydrogens is 248 g/mol. The first-order valence-electron chi connectivity index (χ1n) is 7.80. The standard InChI is InChI=1S/C17H28N2O/c1-15(13-19-10-4-3-5-11-19)18-12-16-6-8-17(9-7-16)14-20-2/h6-9,15,18H,3-5,10-14H2,1-2H3. The van der Waals surface area contributed by atoms with Crippen molar-refractivity contribution in [2.45, 2.75) is 45.4 Å². The van der Waals surface area contributed by atoms with Gasteiger partial charge in [-0.05, 0) is 44.0 Å². The van der Waals surface area contributed by atoms with Crippen molar-refractivity contribution in [3.8, 4) is 0 Å². The highest BCUT2D eigenvalue weighted by atomic mass is 16.5. The smallest absolute Gasteiger partial charge is 0.0713 e. The van der Waals surface area contributed by atoms with Crippen molar-refractivity contribution in [1.29, 1.82) is 0 Å². The molecule has 1 unspecified atom stereocenters. The van der Waals surface area contributed by atoms with E-state index in [1.54, 1.807) is 7.11 Å². The number of methoxy groups -OCH3 is 1. The topological polar surface area (TPSA) is 24.5 Å². The van der Waals surface area contributed by atoms with Gasteiger partial charge in [0, 0.05) is 26.2 Å². The van der Waals surface area contributed by atoms with E-state index in [0.29, 0.717) is 12.6 Å². The van der Waals surface area contributed by atoms with Crippen molar-refractivity contribution >= 4 is 0 Å². The molecule has 1 atom stereocenters. The summed E-state index contributed by atoms with van der Waals surface area (Å²) in [4.78, 5) is 2.59. The fourth-order valence-corrected chi connectivity index (χ4v) is 2.81. The fourth-order valence-electron chi connectivity index (χ4n) is 2.81. The Kier molecular flexibility index (Phi) is 6.51. The molecule has 1 saturated heterocycles. The maximum absolute atomic E-state index is 5.13. The normalized spacial score (nSPS) is 18.1. The van der Waals surface area contributed by atoms with Gasteiger partial charge in [0.2, 0.25) is 0 Å². The van der Waals surface area contributed by atoms with Crippen LogP contribution in [0.3, 0.4) is 0 Å². The Balaban J connectivity index is 1.70. The second-order valence-electron chi connectivity index (χ2n) is 5.89. The number of hydrogen-bond acceptors (Lipinski definition) is 3. The molecule has 0 radical (unpaired) electrons. The molecule has 1 aromatic rings. The van der Waals surface area contributed by atoms with Crippen molar-refractivity contribution in [2.75, 3.05) is 26.7 Å². The van der Waals surface area contributed by atoms with Crippen LogP contribution in [0.15, 0.2) is 24.3 Å². The summed E-state index contributed by atoms with van der Waals surface area (Å²) in [6, 6.07) is 9.22. The first-order valence-corrected chi connectivity index (χ1v) is 7.80. The van der Waals surface area contributed by atoms with Gasteiger partial charge in [-0.15, -0.1) is 0 Å². The number of hydrogen-bond donors (Lipinski definition) is 1. The first-order chi connectivity index (χ1) is 9.78. The Hall–Kier alpha value is -0.900. The molecular formula is C17H28N2O. The van der Waals surface area contributed by atoms with Crippen LogP contribution >= 0.6 is 0 Å². The van der Waals surface area contributed by atoms with Crippen LogP contribution in [0.1, 0.15) is 37.3 Å². The Morgan fingerprint density at radius 3 is 2.40 bits per heavy atom. The van der Waals surface area contributed by atoms with Crippen LogP contribution < -0.4 is 5.32 Å². The fraction of sp³-hybridized carbons (Fsp3) is 0.647. The Morgan fingerprint density at radius 2 is 1.75 bits per heavy atom. The first kappa shape index (κ1) is 15.5. The molecule has 3 nitrogen and oxygen atoms in total. The molecule has 1 aliphatic heterocycles. The van der Waals surface area contributed by atoms with E-state index in [9.17, 15) is 0 Å². The van der Waals surface area contributed by atoms with Gasteiger partial charge in [0.15, 0.2) is 0 Å². The third-order valence-corrected chi connectivity index (χ3v) is 3.97. The van der Waals surface area contributed by atoms with Gasteiger partial charge in [-0.1, -0.05) is 30.7 Å². The monoisotopic (exact) mass is 276 g/mol. The number of benzene rings is 1. The maximum Gasteiger partial charge on any atom is 0.0713 e. The van der Waals surface area contributed by atoms with Crippen LogP contribution in [0.4, 0.5) is 0 Å². The number of nitrogens with one attached hydrogen (secondary N) is 1. The van der Waals surface area contributed by atoms with E-state index in [2.05, 4.69) is 41.4 Å². The van der Waals surface area contributed by atoms with Gasteiger partial charge in [0.25, 0.3) is 0 Å². The zero-order valence-electron chi connectivity index (χ0n) is 12.9. The molecule has 1 aliphatic rings. The van der Waals surface area contributed by atoms with Crippen LogP contribution in [-0.2, 0) is 17.9 Å². The van der Waals surface area contributed by atoms with E-state index >= 15 is 0 Å².